The molecule has 1 aromatic carbocycles. The molecular weight excluding hydrogens is 243 g/mol. The van der Waals surface area contributed by atoms with Crippen LogP contribution in [0.5, 0.6) is 5.75 Å². The number of hydrogen-bond acceptors (Lipinski definition) is 3. The first-order valence-electron chi connectivity index (χ1n) is 6.51. The number of fused-ring (bicyclic) bond motifs is 1. The second kappa shape index (κ2) is 5.43. The largest absolute Gasteiger partial charge is 0.491 e. The van der Waals surface area contributed by atoms with Crippen LogP contribution < -0.4 is 10.1 Å². The lowest BCUT2D eigenvalue weighted by atomic mass is 10.0. The molecule has 0 aliphatic heterocycles. The first-order valence-corrected chi connectivity index (χ1v) is 6.51. The Morgan fingerprint density at radius 1 is 1.32 bits per heavy atom. The van der Waals surface area contributed by atoms with Crippen LogP contribution in [0.2, 0.25) is 0 Å². The topological polar surface area (TPSA) is 34.1 Å². The van der Waals surface area contributed by atoms with Gasteiger partial charge in [0.15, 0.2) is 11.6 Å². The summed E-state index contributed by atoms with van der Waals surface area (Å²) in [4.78, 5) is 4.47. The summed E-state index contributed by atoms with van der Waals surface area (Å²) in [6, 6.07) is 5.18. The lowest BCUT2D eigenvalue weighted by molar-refractivity contribution is 0.322. The van der Waals surface area contributed by atoms with Crippen LogP contribution in [0.3, 0.4) is 0 Å². The lowest BCUT2D eigenvalue weighted by Gasteiger charge is -2.14. The zero-order valence-electron chi connectivity index (χ0n) is 11.7. The molecule has 4 heteroatoms. The van der Waals surface area contributed by atoms with Gasteiger partial charge in [0.25, 0.3) is 0 Å². The first-order chi connectivity index (χ1) is 9.06. The van der Waals surface area contributed by atoms with Crippen molar-refractivity contribution in [2.45, 2.75) is 26.7 Å². The van der Waals surface area contributed by atoms with Crippen LogP contribution in [0, 0.1) is 5.82 Å². The predicted octanol–water partition coefficient (Wildman–Crippen LogP) is 3.94. The van der Waals surface area contributed by atoms with Gasteiger partial charge in [0, 0.05) is 18.5 Å². The molecule has 2 rings (SSSR count). The van der Waals surface area contributed by atoms with Crippen LogP contribution in [0.25, 0.3) is 10.9 Å². The summed E-state index contributed by atoms with van der Waals surface area (Å²) < 4.78 is 19.1. The predicted molar refractivity (Wildman–Crippen MR) is 76.5 cm³/mol. The van der Waals surface area contributed by atoms with Gasteiger partial charge in [0.2, 0.25) is 0 Å². The third-order valence-corrected chi connectivity index (χ3v) is 3.06. The molecule has 0 fully saturated rings. The third kappa shape index (κ3) is 2.62. The molecule has 102 valence electrons. The Balaban J connectivity index is 2.64. The van der Waals surface area contributed by atoms with Gasteiger partial charge in [-0.3, -0.25) is 0 Å². The van der Waals surface area contributed by atoms with E-state index in [-0.39, 0.29) is 11.6 Å². The van der Waals surface area contributed by atoms with E-state index in [1.54, 1.807) is 6.07 Å². The highest BCUT2D eigenvalue weighted by Gasteiger charge is 2.12. The molecule has 19 heavy (non-hydrogen) atoms. The molecule has 0 spiro atoms. The van der Waals surface area contributed by atoms with E-state index in [4.69, 9.17) is 4.74 Å². The maximum Gasteiger partial charge on any atom is 0.167 e. The number of nitrogens with one attached hydrogen (secondary N) is 1. The number of ether oxygens (including phenoxy) is 1. The van der Waals surface area contributed by atoms with Crippen molar-refractivity contribution in [2.75, 3.05) is 19.0 Å². The SMILES string of the molecule is CCOc1cc2cc(C(C)C)c(NC)nc2cc1F. The molecule has 0 aliphatic rings. The van der Waals surface area contributed by atoms with Crippen molar-refractivity contribution in [1.82, 2.24) is 4.98 Å². The highest BCUT2D eigenvalue weighted by molar-refractivity contribution is 5.83. The fourth-order valence-electron chi connectivity index (χ4n) is 2.10. The Morgan fingerprint density at radius 2 is 2.05 bits per heavy atom. The number of rotatable bonds is 4. The number of anilines is 1. The van der Waals surface area contributed by atoms with E-state index >= 15 is 0 Å². The zero-order chi connectivity index (χ0) is 14.0. The molecule has 0 bridgehead atoms. The maximum atomic E-state index is 13.8. The van der Waals surface area contributed by atoms with Gasteiger partial charge in [-0.25, -0.2) is 9.37 Å². The van der Waals surface area contributed by atoms with E-state index in [0.29, 0.717) is 18.0 Å². The minimum atomic E-state index is -0.374. The van der Waals surface area contributed by atoms with Crippen molar-refractivity contribution >= 4 is 16.7 Å². The smallest absolute Gasteiger partial charge is 0.167 e. The summed E-state index contributed by atoms with van der Waals surface area (Å²) in [5.74, 6) is 1.05. The summed E-state index contributed by atoms with van der Waals surface area (Å²) in [5, 5.41) is 3.96. The first kappa shape index (κ1) is 13.6. The van der Waals surface area contributed by atoms with Crippen LogP contribution >= 0.6 is 0 Å². The molecule has 2 aromatic rings. The second-order valence-electron chi connectivity index (χ2n) is 4.74. The molecular formula is C15H19FN2O. The van der Waals surface area contributed by atoms with E-state index in [2.05, 4.69) is 24.1 Å². The standard InChI is InChI=1S/C15H19FN2O/c1-5-19-14-7-10-6-11(9(2)3)15(17-4)18-13(10)8-12(14)16/h6-9H,5H2,1-4H3,(H,17,18). The summed E-state index contributed by atoms with van der Waals surface area (Å²) in [7, 11) is 1.82. The van der Waals surface area contributed by atoms with E-state index in [1.807, 2.05) is 20.0 Å². The fraction of sp³-hybridized carbons (Fsp3) is 0.400. The third-order valence-electron chi connectivity index (χ3n) is 3.06. The molecule has 0 radical (unpaired) electrons. The number of halogens is 1. The van der Waals surface area contributed by atoms with Crippen molar-refractivity contribution < 1.29 is 9.13 Å². The second-order valence-corrected chi connectivity index (χ2v) is 4.74. The van der Waals surface area contributed by atoms with E-state index < -0.39 is 0 Å². The minimum absolute atomic E-state index is 0.281. The number of pyridine rings is 1. The summed E-state index contributed by atoms with van der Waals surface area (Å²) in [6.07, 6.45) is 0. The van der Waals surface area contributed by atoms with Gasteiger partial charge in [-0.1, -0.05) is 13.8 Å². The molecule has 1 aromatic heterocycles. The Labute approximate surface area is 112 Å². The number of benzene rings is 1. The number of nitrogens with zero attached hydrogens (tertiary/aromatic N) is 1. The monoisotopic (exact) mass is 262 g/mol. The number of aromatic nitrogens is 1. The van der Waals surface area contributed by atoms with Crippen molar-refractivity contribution in [2.24, 2.45) is 0 Å². The van der Waals surface area contributed by atoms with Gasteiger partial charge < -0.3 is 10.1 Å². The zero-order valence-corrected chi connectivity index (χ0v) is 11.7. The molecule has 0 aliphatic carbocycles. The van der Waals surface area contributed by atoms with Crippen molar-refractivity contribution in [1.29, 1.82) is 0 Å². The van der Waals surface area contributed by atoms with Crippen molar-refractivity contribution in [3.8, 4) is 5.75 Å². The van der Waals surface area contributed by atoms with Gasteiger partial charge in [-0.2, -0.15) is 0 Å². The summed E-state index contributed by atoms with van der Waals surface area (Å²) in [5.41, 5.74) is 1.75. The normalized spacial score (nSPS) is 11.1. The Hall–Kier alpha value is -1.84. The molecule has 0 unspecified atom stereocenters. The molecule has 0 atom stereocenters. The van der Waals surface area contributed by atoms with Crippen LogP contribution in [-0.4, -0.2) is 18.6 Å². The fourth-order valence-corrected chi connectivity index (χ4v) is 2.10. The van der Waals surface area contributed by atoms with Crippen LogP contribution in [0.4, 0.5) is 10.2 Å². The maximum absolute atomic E-state index is 13.8. The Bertz CT molecular complexity index is 596. The molecule has 0 saturated heterocycles. The van der Waals surface area contributed by atoms with Crippen LogP contribution in [0.15, 0.2) is 18.2 Å². The average Bonchev–Trinajstić information content (AvgIpc) is 2.38. The van der Waals surface area contributed by atoms with E-state index in [0.717, 1.165) is 16.8 Å². The van der Waals surface area contributed by atoms with E-state index in [1.165, 1.54) is 6.07 Å². The van der Waals surface area contributed by atoms with Crippen LogP contribution in [-0.2, 0) is 0 Å². The number of hydrogen-bond donors (Lipinski definition) is 1. The minimum Gasteiger partial charge on any atom is -0.491 e. The molecule has 3 nitrogen and oxygen atoms in total. The quantitative estimate of drug-likeness (QED) is 0.906. The Morgan fingerprint density at radius 3 is 2.63 bits per heavy atom. The van der Waals surface area contributed by atoms with Crippen LogP contribution in [0.1, 0.15) is 32.3 Å². The van der Waals surface area contributed by atoms with Gasteiger partial charge in [-0.15, -0.1) is 0 Å². The Kier molecular flexibility index (Phi) is 3.88. The highest BCUT2D eigenvalue weighted by Crippen LogP contribution is 2.30. The molecule has 1 N–H and O–H groups in total. The van der Waals surface area contributed by atoms with Gasteiger partial charge in [0.1, 0.15) is 5.82 Å². The molecule has 0 amide bonds. The molecule has 1 heterocycles. The summed E-state index contributed by atoms with van der Waals surface area (Å²) >= 11 is 0. The average molecular weight is 262 g/mol. The van der Waals surface area contributed by atoms with Gasteiger partial charge in [-0.05, 0) is 30.5 Å². The lowest BCUT2D eigenvalue weighted by Crippen LogP contribution is -2.02. The van der Waals surface area contributed by atoms with Crippen molar-refractivity contribution in [3.63, 3.8) is 0 Å². The van der Waals surface area contributed by atoms with Gasteiger partial charge >= 0.3 is 0 Å². The van der Waals surface area contributed by atoms with E-state index in [9.17, 15) is 4.39 Å². The molecule has 0 saturated carbocycles. The highest BCUT2D eigenvalue weighted by atomic mass is 19.1. The van der Waals surface area contributed by atoms with Gasteiger partial charge in [0.05, 0.1) is 12.1 Å². The van der Waals surface area contributed by atoms with Crippen molar-refractivity contribution in [3.05, 3.63) is 29.6 Å². The summed E-state index contributed by atoms with van der Waals surface area (Å²) in [6.45, 7) is 6.50.